The summed E-state index contributed by atoms with van der Waals surface area (Å²) in [6.07, 6.45) is 0.750. The van der Waals surface area contributed by atoms with Crippen LogP contribution in [0.25, 0.3) is 0 Å². The topological polar surface area (TPSA) is 26.8 Å². The number of rotatable bonds is 9. The zero-order valence-corrected chi connectivity index (χ0v) is 25.6. The molecule has 37 heavy (non-hydrogen) atoms. The van der Waals surface area contributed by atoms with Crippen LogP contribution in [0.3, 0.4) is 0 Å². The summed E-state index contributed by atoms with van der Waals surface area (Å²) in [7, 11) is 1.98. The van der Waals surface area contributed by atoms with Gasteiger partial charge in [-0.2, -0.15) is 0 Å². The molecule has 0 aromatic heterocycles. The Hall–Kier alpha value is -2.53. The summed E-state index contributed by atoms with van der Waals surface area (Å²) in [5.74, 6) is 0.134. The first-order valence-corrected chi connectivity index (χ1v) is 13.7. The normalized spacial score (nSPS) is 15.4. The zero-order chi connectivity index (χ0) is 28.8. The Morgan fingerprint density at radius 1 is 1.16 bits per heavy atom. The lowest BCUT2D eigenvalue weighted by molar-refractivity contribution is -0.128. The molecule has 0 bridgehead atoms. The van der Waals surface area contributed by atoms with Crippen LogP contribution >= 0.6 is 11.6 Å². The number of hydrogen-bond acceptors (Lipinski definition) is 3. The highest BCUT2D eigenvalue weighted by molar-refractivity contribution is 6.21. The maximum Gasteiger partial charge on any atom is 0.262 e. The molecule has 1 unspecified atom stereocenters. The van der Waals surface area contributed by atoms with Crippen molar-refractivity contribution in [3.05, 3.63) is 82.2 Å². The molecule has 1 aromatic rings. The molecule has 2 atom stereocenters. The van der Waals surface area contributed by atoms with Crippen LogP contribution in [0.1, 0.15) is 85.7 Å². The van der Waals surface area contributed by atoms with Crippen LogP contribution in [0.4, 0.5) is 4.39 Å². The minimum atomic E-state index is -0.493. The fourth-order valence-corrected chi connectivity index (χ4v) is 4.73. The number of carbonyl (C=O) groups is 1. The standard InChI is InChI=1S/C29H41ClFN3O.C2H6/c1-12-24-13-14-25(31)15-26(24)27(30)16-33-22(9)28(19(6)17(2)3)29(35)34(23(33)10)21(8)20(7)32(11)18(4)5;1-2/h13-15,18,21,27H,7,10,12,16H2,1-6,8-9,11H3;1-2H3/t21?,27-;/m0./s1. The number of allylic oxidation sites excluding steroid dienone is 2. The van der Waals surface area contributed by atoms with E-state index in [1.54, 1.807) is 11.0 Å². The highest BCUT2D eigenvalue weighted by Crippen LogP contribution is 2.37. The van der Waals surface area contributed by atoms with Gasteiger partial charge >= 0.3 is 0 Å². The molecule has 1 aromatic carbocycles. The highest BCUT2D eigenvalue weighted by atomic mass is 35.5. The van der Waals surface area contributed by atoms with E-state index in [9.17, 15) is 9.18 Å². The quantitative estimate of drug-likeness (QED) is 0.300. The summed E-state index contributed by atoms with van der Waals surface area (Å²) in [5.41, 5.74) is 6.01. The molecular formula is C31H47ClFN3O. The third-order valence-electron chi connectivity index (χ3n) is 7.18. The van der Waals surface area contributed by atoms with Gasteiger partial charge in [0.2, 0.25) is 0 Å². The van der Waals surface area contributed by atoms with E-state index in [0.717, 1.165) is 40.1 Å². The van der Waals surface area contributed by atoms with E-state index in [1.165, 1.54) is 12.1 Å². The van der Waals surface area contributed by atoms with Crippen LogP contribution in [-0.2, 0) is 11.2 Å². The lowest BCUT2D eigenvalue weighted by Gasteiger charge is -2.45. The van der Waals surface area contributed by atoms with Crippen molar-refractivity contribution in [2.24, 2.45) is 0 Å². The molecule has 0 spiro atoms. The molecule has 0 aliphatic carbocycles. The lowest BCUT2D eigenvalue weighted by Crippen LogP contribution is -2.51. The van der Waals surface area contributed by atoms with Gasteiger partial charge in [0.25, 0.3) is 5.91 Å². The number of carbonyl (C=O) groups excluding carboxylic acids is 1. The summed E-state index contributed by atoms with van der Waals surface area (Å²) in [4.78, 5) is 19.7. The van der Waals surface area contributed by atoms with Gasteiger partial charge in [0, 0.05) is 31.0 Å². The van der Waals surface area contributed by atoms with Gasteiger partial charge in [0.1, 0.15) is 11.6 Å². The van der Waals surface area contributed by atoms with Crippen molar-refractivity contribution in [2.75, 3.05) is 13.6 Å². The average Bonchev–Trinajstić information content (AvgIpc) is 2.86. The average molecular weight is 532 g/mol. The van der Waals surface area contributed by atoms with Gasteiger partial charge in [0.05, 0.1) is 17.0 Å². The van der Waals surface area contributed by atoms with E-state index in [4.69, 9.17) is 11.6 Å². The number of aryl methyl sites for hydroxylation is 1. The molecule has 2 rings (SSSR count). The Bertz CT molecular complexity index is 1070. The third-order valence-corrected chi connectivity index (χ3v) is 7.55. The molecule has 0 N–H and O–H groups in total. The molecule has 0 saturated carbocycles. The van der Waals surface area contributed by atoms with Crippen molar-refractivity contribution in [1.82, 2.24) is 14.7 Å². The van der Waals surface area contributed by atoms with Crippen LogP contribution < -0.4 is 0 Å². The molecule has 0 saturated heterocycles. The number of halogens is 2. The zero-order valence-electron chi connectivity index (χ0n) is 24.8. The van der Waals surface area contributed by atoms with Gasteiger partial charge in [-0.05, 0) is 83.7 Å². The lowest BCUT2D eigenvalue weighted by atomic mass is 9.95. The minimum absolute atomic E-state index is 0.0978. The van der Waals surface area contributed by atoms with E-state index < -0.39 is 5.38 Å². The third kappa shape index (κ3) is 7.07. The number of hydrogen-bond donors (Lipinski definition) is 0. The molecule has 4 nitrogen and oxygen atoms in total. The fourth-order valence-electron chi connectivity index (χ4n) is 4.39. The maximum absolute atomic E-state index is 14.1. The Labute approximate surface area is 230 Å². The smallest absolute Gasteiger partial charge is 0.262 e. The minimum Gasteiger partial charge on any atom is -0.374 e. The highest BCUT2D eigenvalue weighted by Gasteiger charge is 2.39. The number of nitrogens with zero attached hydrogens (tertiary/aromatic N) is 3. The second-order valence-electron chi connectivity index (χ2n) is 9.82. The van der Waals surface area contributed by atoms with Crippen LogP contribution in [0.5, 0.6) is 0 Å². The van der Waals surface area contributed by atoms with Gasteiger partial charge in [-0.25, -0.2) is 4.39 Å². The number of amides is 1. The SMILES string of the molecule is C=C(C(C)N1C(=C)N(C[C@H](Cl)c2cc(F)ccc2CC)C(C)=C(C(C)=C(C)C)C1=O)N(C)C(C)C.CC. The molecule has 1 heterocycles. The van der Waals surface area contributed by atoms with E-state index in [0.29, 0.717) is 17.9 Å². The summed E-state index contributed by atoms with van der Waals surface area (Å²) in [6.45, 7) is 29.0. The van der Waals surface area contributed by atoms with Crippen molar-refractivity contribution in [3.8, 4) is 0 Å². The predicted octanol–water partition coefficient (Wildman–Crippen LogP) is 8.18. The summed E-state index contributed by atoms with van der Waals surface area (Å²) in [5, 5.41) is -0.493. The van der Waals surface area contributed by atoms with Crippen molar-refractivity contribution >= 4 is 17.5 Å². The molecule has 6 heteroatoms. The van der Waals surface area contributed by atoms with E-state index in [1.807, 2.05) is 67.3 Å². The first-order chi connectivity index (χ1) is 17.2. The Morgan fingerprint density at radius 3 is 2.22 bits per heavy atom. The number of alkyl halides is 1. The molecular weight excluding hydrogens is 485 g/mol. The van der Waals surface area contributed by atoms with Crippen LogP contribution in [0, 0.1) is 5.82 Å². The molecule has 1 aliphatic rings. The van der Waals surface area contributed by atoms with Crippen molar-refractivity contribution in [3.63, 3.8) is 0 Å². The molecule has 1 amide bonds. The van der Waals surface area contributed by atoms with Gasteiger partial charge in [-0.3, -0.25) is 9.69 Å². The summed E-state index contributed by atoms with van der Waals surface area (Å²) < 4.78 is 14.1. The van der Waals surface area contributed by atoms with Crippen LogP contribution in [-0.4, -0.2) is 46.3 Å². The van der Waals surface area contributed by atoms with Crippen LogP contribution in [0.15, 0.2) is 65.3 Å². The molecule has 0 radical (unpaired) electrons. The number of likely N-dealkylation sites (N-methyl/N-ethyl adjacent to an activating group) is 1. The van der Waals surface area contributed by atoms with Gasteiger partial charge in [-0.1, -0.05) is 45.6 Å². The van der Waals surface area contributed by atoms with Gasteiger partial charge in [-0.15, -0.1) is 11.6 Å². The van der Waals surface area contributed by atoms with E-state index in [2.05, 4.69) is 31.9 Å². The molecule has 206 valence electrons. The van der Waals surface area contributed by atoms with Gasteiger partial charge < -0.3 is 9.80 Å². The van der Waals surface area contributed by atoms with Gasteiger partial charge in [0.15, 0.2) is 0 Å². The molecule has 0 fully saturated rings. The Morgan fingerprint density at radius 2 is 1.73 bits per heavy atom. The Kier molecular flexibility index (Phi) is 12.2. The Balaban J connectivity index is 0.00000334. The van der Waals surface area contributed by atoms with Crippen LogP contribution in [0.2, 0.25) is 0 Å². The van der Waals surface area contributed by atoms with Crippen molar-refractivity contribution < 1.29 is 9.18 Å². The largest absolute Gasteiger partial charge is 0.374 e. The first kappa shape index (κ1) is 32.5. The van der Waals surface area contributed by atoms with Crippen molar-refractivity contribution in [1.29, 1.82) is 0 Å². The summed E-state index contributed by atoms with van der Waals surface area (Å²) >= 11 is 6.92. The second kappa shape index (κ2) is 13.9. The first-order valence-electron chi connectivity index (χ1n) is 13.2. The number of benzene rings is 1. The second-order valence-corrected chi connectivity index (χ2v) is 10.4. The van der Waals surface area contributed by atoms with E-state index in [-0.39, 0.29) is 23.8 Å². The van der Waals surface area contributed by atoms with Crippen molar-refractivity contribution in [2.45, 2.75) is 93.1 Å². The predicted molar refractivity (Wildman–Crippen MR) is 157 cm³/mol. The maximum atomic E-state index is 14.1. The monoisotopic (exact) mass is 531 g/mol. The van der Waals surface area contributed by atoms with E-state index >= 15 is 0 Å². The summed E-state index contributed by atoms with van der Waals surface area (Å²) in [6, 6.07) is 4.68. The fraction of sp³-hybridized carbons (Fsp3) is 0.516. The molecule has 1 aliphatic heterocycles.